The van der Waals surface area contributed by atoms with Crippen molar-refractivity contribution in [2.75, 3.05) is 13.2 Å². The number of carbonyl (C=O) groups is 3. The van der Waals surface area contributed by atoms with Crippen molar-refractivity contribution in [3.8, 4) is 0 Å². The summed E-state index contributed by atoms with van der Waals surface area (Å²) >= 11 is 0. The van der Waals surface area contributed by atoms with Crippen LogP contribution >= 0.6 is 0 Å². The van der Waals surface area contributed by atoms with Gasteiger partial charge in [-0.1, -0.05) is 365 Å². The lowest BCUT2D eigenvalue weighted by atomic mass is 10.0. The van der Waals surface area contributed by atoms with Crippen LogP contribution in [0.25, 0.3) is 0 Å². The Balaban J connectivity index is 4.12. The van der Waals surface area contributed by atoms with Crippen molar-refractivity contribution in [2.24, 2.45) is 0 Å². The standard InChI is InChI=1S/C75H138O6/c1-4-7-10-13-16-19-22-25-27-29-31-32-33-34-35-36-37-38-39-40-41-42-43-45-46-48-50-53-56-59-62-65-68-74(77)80-71-72(70-79-73(76)67-64-61-58-55-52-24-21-18-15-12-9-6-3)81-75(78)69-66-63-60-57-54-51-49-47-44-30-28-26-23-20-17-14-11-8-5-2/h8,11,17,20,26,28,44,47,72H,4-7,9-10,12-16,18-19,21-25,27,29-43,45-46,48-71H2,1-3H3/b11-8-,20-17-,28-26-,47-44-. The summed E-state index contributed by atoms with van der Waals surface area (Å²) in [5, 5.41) is 0. The van der Waals surface area contributed by atoms with Gasteiger partial charge in [0.1, 0.15) is 13.2 Å². The molecule has 0 radical (unpaired) electrons. The summed E-state index contributed by atoms with van der Waals surface area (Å²) in [7, 11) is 0. The molecule has 0 rings (SSSR count). The highest BCUT2D eigenvalue weighted by Gasteiger charge is 2.19. The summed E-state index contributed by atoms with van der Waals surface area (Å²) in [4.78, 5) is 38.4. The van der Waals surface area contributed by atoms with Crippen molar-refractivity contribution in [1.29, 1.82) is 0 Å². The van der Waals surface area contributed by atoms with Crippen LogP contribution in [0.15, 0.2) is 48.6 Å². The van der Waals surface area contributed by atoms with Crippen molar-refractivity contribution in [3.63, 3.8) is 0 Å². The maximum Gasteiger partial charge on any atom is 0.306 e. The number of allylic oxidation sites excluding steroid dienone is 8. The molecule has 474 valence electrons. The van der Waals surface area contributed by atoms with E-state index in [1.165, 1.54) is 257 Å². The third-order valence-electron chi connectivity index (χ3n) is 16.3. The van der Waals surface area contributed by atoms with Crippen LogP contribution in [0.5, 0.6) is 0 Å². The van der Waals surface area contributed by atoms with Gasteiger partial charge in [-0.15, -0.1) is 0 Å². The van der Waals surface area contributed by atoms with Crippen LogP contribution < -0.4 is 0 Å². The molecule has 0 fully saturated rings. The van der Waals surface area contributed by atoms with Gasteiger partial charge in [0.05, 0.1) is 0 Å². The second-order valence-electron chi connectivity index (χ2n) is 24.5. The highest BCUT2D eigenvalue weighted by Crippen LogP contribution is 2.19. The average molecular weight is 1140 g/mol. The SMILES string of the molecule is CC/C=C\C/C=C\C/C=C\C/C=C\CCCCCCCCC(=O)OC(COC(=O)CCCCCCCCCCCCCC)COC(=O)CCCCCCCCCCCCCCCCCCCCCCCCCCCCCCCCCC. The number of rotatable bonds is 67. The Morgan fingerprint density at radius 2 is 0.481 bits per heavy atom. The third kappa shape index (κ3) is 68.0. The van der Waals surface area contributed by atoms with Gasteiger partial charge in [-0.05, 0) is 57.8 Å². The van der Waals surface area contributed by atoms with Gasteiger partial charge in [-0.2, -0.15) is 0 Å². The van der Waals surface area contributed by atoms with Gasteiger partial charge < -0.3 is 14.2 Å². The fraction of sp³-hybridized carbons (Fsp3) is 0.853. The predicted octanol–water partition coefficient (Wildman–Crippen LogP) is 24.9. The van der Waals surface area contributed by atoms with Gasteiger partial charge in [-0.3, -0.25) is 14.4 Å². The molecule has 0 saturated carbocycles. The number of unbranched alkanes of at least 4 members (excludes halogenated alkanes) is 48. The lowest BCUT2D eigenvalue weighted by molar-refractivity contribution is -0.167. The molecule has 1 atom stereocenters. The third-order valence-corrected chi connectivity index (χ3v) is 16.3. The molecule has 0 aromatic heterocycles. The zero-order valence-corrected chi connectivity index (χ0v) is 54.6. The van der Waals surface area contributed by atoms with E-state index in [0.29, 0.717) is 19.3 Å². The first kappa shape index (κ1) is 78.4. The summed E-state index contributed by atoms with van der Waals surface area (Å²) < 4.78 is 17.0. The van der Waals surface area contributed by atoms with Crippen LogP contribution in [0.3, 0.4) is 0 Å². The van der Waals surface area contributed by atoms with Gasteiger partial charge in [0.25, 0.3) is 0 Å². The molecule has 1 unspecified atom stereocenters. The molecule has 0 bridgehead atoms. The van der Waals surface area contributed by atoms with Crippen molar-refractivity contribution in [1.82, 2.24) is 0 Å². The quantitative estimate of drug-likeness (QED) is 0.0261. The number of ether oxygens (including phenoxy) is 3. The van der Waals surface area contributed by atoms with Crippen LogP contribution in [0, 0.1) is 0 Å². The van der Waals surface area contributed by atoms with Gasteiger partial charge in [-0.25, -0.2) is 0 Å². The van der Waals surface area contributed by atoms with Crippen LogP contribution in [0.4, 0.5) is 0 Å². The Bertz CT molecular complexity index is 1400. The molecule has 0 spiro atoms. The van der Waals surface area contributed by atoms with E-state index in [4.69, 9.17) is 14.2 Å². The molecular formula is C75H138O6. The van der Waals surface area contributed by atoms with Crippen LogP contribution in [0.2, 0.25) is 0 Å². The molecular weight excluding hydrogens is 997 g/mol. The monoisotopic (exact) mass is 1140 g/mol. The van der Waals surface area contributed by atoms with E-state index in [0.717, 1.165) is 96.3 Å². The van der Waals surface area contributed by atoms with Crippen molar-refractivity contribution in [2.45, 2.75) is 399 Å². The Morgan fingerprint density at radius 1 is 0.259 bits per heavy atom. The zero-order valence-electron chi connectivity index (χ0n) is 54.6. The fourth-order valence-electron chi connectivity index (χ4n) is 11.0. The number of carbonyl (C=O) groups excluding carboxylic acids is 3. The highest BCUT2D eigenvalue weighted by molar-refractivity contribution is 5.71. The van der Waals surface area contributed by atoms with E-state index in [1.54, 1.807) is 0 Å². The second-order valence-corrected chi connectivity index (χ2v) is 24.5. The molecule has 0 aromatic carbocycles. The van der Waals surface area contributed by atoms with Crippen LogP contribution in [-0.2, 0) is 28.6 Å². The first-order chi connectivity index (χ1) is 40.0. The number of hydrogen-bond acceptors (Lipinski definition) is 6. The highest BCUT2D eigenvalue weighted by atomic mass is 16.6. The molecule has 0 amide bonds. The Labute approximate surface area is 505 Å². The van der Waals surface area contributed by atoms with Gasteiger partial charge >= 0.3 is 17.9 Å². The number of esters is 3. The molecule has 0 heterocycles. The molecule has 0 N–H and O–H groups in total. The topological polar surface area (TPSA) is 78.9 Å². The maximum absolute atomic E-state index is 12.9. The minimum Gasteiger partial charge on any atom is -0.462 e. The second kappa shape index (κ2) is 69.9. The van der Waals surface area contributed by atoms with E-state index >= 15 is 0 Å². The maximum atomic E-state index is 12.9. The average Bonchev–Trinajstić information content (AvgIpc) is 3.47. The molecule has 81 heavy (non-hydrogen) atoms. The first-order valence-corrected chi connectivity index (χ1v) is 36.1. The van der Waals surface area contributed by atoms with E-state index in [2.05, 4.69) is 69.4 Å². The molecule has 6 heteroatoms. The van der Waals surface area contributed by atoms with Crippen molar-refractivity contribution in [3.05, 3.63) is 48.6 Å². The first-order valence-electron chi connectivity index (χ1n) is 36.1. The molecule has 0 aliphatic carbocycles. The van der Waals surface area contributed by atoms with Gasteiger partial charge in [0, 0.05) is 19.3 Å². The number of hydrogen-bond donors (Lipinski definition) is 0. The summed E-state index contributed by atoms with van der Waals surface area (Å²) in [5.74, 6) is -0.863. The van der Waals surface area contributed by atoms with Crippen LogP contribution in [0.1, 0.15) is 393 Å². The predicted molar refractivity (Wildman–Crippen MR) is 353 cm³/mol. The van der Waals surface area contributed by atoms with Crippen molar-refractivity contribution < 1.29 is 28.6 Å². The summed E-state index contributed by atoms with van der Waals surface area (Å²) in [6.45, 7) is 6.58. The van der Waals surface area contributed by atoms with Crippen LogP contribution in [-0.4, -0.2) is 37.2 Å². The Hall–Kier alpha value is -2.63. The molecule has 0 aliphatic heterocycles. The van der Waals surface area contributed by atoms with E-state index in [9.17, 15) is 14.4 Å². The van der Waals surface area contributed by atoms with E-state index in [-0.39, 0.29) is 31.1 Å². The van der Waals surface area contributed by atoms with E-state index < -0.39 is 6.10 Å². The van der Waals surface area contributed by atoms with Gasteiger partial charge in [0.15, 0.2) is 6.10 Å². The summed E-state index contributed by atoms with van der Waals surface area (Å²) in [6, 6.07) is 0. The lowest BCUT2D eigenvalue weighted by Gasteiger charge is -2.18. The Kier molecular flexibility index (Phi) is 67.6. The summed E-state index contributed by atoms with van der Waals surface area (Å²) in [5.41, 5.74) is 0. The molecule has 0 aliphatic rings. The lowest BCUT2D eigenvalue weighted by Crippen LogP contribution is -2.30. The largest absolute Gasteiger partial charge is 0.462 e. The molecule has 0 saturated heterocycles. The zero-order chi connectivity index (χ0) is 58.5. The fourth-order valence-corrected chi connectivity index (χ4v) is 11.0. The van der Waals surface area contributed by atoms with Crippen molar-refractivity contribution >= 4 is 17.9 Å². The Morgan fingerprint density at radius 3 is 0.753 bits per heavy atom. The minimum atomic E-state index is -0.779. The van der Waals surface area contributed by atoms with Gasteiger partial charge in [0.2, 0.25) is 0 Å². The minimum absolute atomic E-state index is 0.0740. The molecule has 6 nitrogen and oxygen atoms in total. The normalized spacial score (nSPS) is 12.3. The summed E-state index contributed by atoms with van der Waals surface area (Å²) in [6.07, 6.45) is 88.8. The smallest absolute Gasteiger partial charge is 0.306 e. The molecule has 0 aromatic rings. The van der Waals surface area contributed by atoms with E-state index in [1.807, 2.05) is 0 Å².